The van der Waals surface area contributed by atoms with E-state index in [-0.39, 0.29) is 0 Å². The van der Waals surface area contributed by atoms with Crippen molar-refractivity contribution in [2.24, 2.45) is 0 Å². The minimum Gasteiger partial charge on any atom is -0.491 e. The van der Waals surface area contributed by atoms with E-state index in [2.05, 4.69) is 21.6 Å². The van der Waals surface area contributed by atoms with E-state index in [0.717, 1.165) is 5.76 Å². The third-order valence-electron chi connectivity index (χ3n) is 2.96. The Hall–Kier alpha value is -2.79. The van der Waals surface area contributed by atoms with E-state index >= 15 is 0 Å². The van der Waals surface area contributed by atoms with Crippen molar-refractivity contribution in [1.82, 2.24) is 20.2 Å². The Balaban J connectivity index is 1.52. The standard InChI is InChI=1S/C15H13N5O2S/c16-10-12-4-1-2-6-14(12)22-8-9-23-15-17-18-19-20(15)11-13-5-3-7-21-13/h1-7H,8-9,11H2. The van der Waals surface area contributed by atoms with Gasteiger partial charge in [-0.1, -0.05) is 23.9 Å². The molecule has 3 rings (SSSR count). The van der Waals surface area contributed by atoms with Crippen LogP contribution in [0.15, 0.2) is 52.2 Å². The Morgan fingerprint density at radius 1 is 1.26 bits per heavy atom. The molecule has 116 valence electrons. The van der Waals surface area contributed by atoms with Gasteiger partial charge in [0.25, 0.3) is 0 Å². The van der Waals surface area contributed by atoms with Gasteiger partial charge in [0.15, 0.2) is 0 Å². The molecule has 8 heteroatoms. The number of rotatable bonds is 7. The summed E-state index contributed by atoms with van der Waals surface area (Å²) in [4.78, 5) is 0. The van der Waals surface area contributed by atoms with Crippen molar-refractivity contribution in [3.05, 3.63) is 54.0 Å². The zero-order valence-corrected chi connectivity index (χ0v) is 12.9. The monoisotopic (exact) mass is 327 g/mol. The second kappa shape index (κ2) is 7.47. The van der Waals surface area contributed by atoms with Gasteiger partial charge in [-0.3, -0.25) is 0 Å². The van der Waals surface area contributed by atoms with E-state index in [1.165, 1.54) is 11.8 Å². The van der Waals surface area contributed by atoms with Crippen LogP contribution in [-0.2, 0) is 6.54 Å². The Morgan fingerprint density at radius 2 is 2.17 bits per heavy atom. The number of para-hydroxylation sites is 1. The number of furan rings is 1. The zero-order valence-electron chi connectivity index (χ0n) is 12.1. The van der Waals surface area contributed by atoms with Gasteiger partial charge in [0.2, 0.25) is 5.16 Å². The molecule has 0 radical (unpaired) electrons. The van der Waals surface area contributed by atoms with Crippen LogP contribution in [0, 0.1) is 11.3 Å². The molecule has 0 spiro atoms. The van der Waals surface area contributed by atoms with Crippen LogP contribution in [0.1, 0.15) is 11.3 Å². The molecule has 0 saturated carbocycles. The van der Waals surface area contributed by atoms with Gasteiger partial charge in [-0.05, 0) is 34.7 Å². The average molecular weight is 327 g/mol. The lowest BCUT2D eigenvalue weighted by atomic mass is 10.2. The van der Waals surface area contributed by atoms with Crippen molar-refractivity contribution in [2.45, 2.75) is 11.7 Å². The van der Waals surface area contributed by atoms with E-state index < -0.39 is 0 Å². The van der Waals surface area contributed by atoms with Gasteiger partial charge >= 0.3 is 0 Å². The zero-order chi connectivity index (χ0) is 15.9. The van der Waals surface area contributed by atoms with Crippen LogP contribution in [0.4, 0.5) is 0 Å². The molecule has 0 amide bonds. The molecule has 2 heterocycles. The first-order valence-electron chi connectivity index (χ1n) is 6.90. The highest BCUT2D eigenvalue weighted by molar-refractivity contribution is 7.99. The number of nitriles is 1. The number of hydrogen-bond donors (Lipinski definition) is 0. The van der Waals surface area contributed by atoms with E-state index in [4.69, 9.17) is 14.4 Å². The maximum Gasteiger partial charge on any atom is 0.209 e. The molecule has 0 atom stereocenters. The van der Waals surface area contributed by atoms with Gasteiger partial charge in [-0.15, -0.1) is 5.10 Å². The van der Waals surface area contributed by atoms with Gasteiger partial charge in [0.1, 0.15) is 24.1 Å². The van der Waals surface area contributed by atoms with Crippen molar-refractivity contribution in [1.29, 1.82) is 5.26 Å². The summed E-state index contributed by atoms with van der Waals surface area (Å²) in [6.07, 6.45) is 1.62. The lowest BCUT2D eigenvalue weighted by Gasteiger charge is -2.07. The van der Waals surface area contributed by atoms with E-state index in [9.17, 15) is 0 Å². The fourth-order valence-electron chi connectivity index (χ4n) is 1.92. The van der Waals surface area contributed by atoms with Crippen molar-refractivity contribution in [3.8, 4) is 11.8 Å². The molecule has 3 aromatic rings. The molecule has 23 heavy (non-hydrogen) atoms. The van der Waals surface area contributed by atoms with E-state index in [1.807, 2.05) is 24.3 Å². The predicted octanol–water partition coefficient (Wildman–Crippen LogP) is 2.36. The highest BCUT2D eigenvalue weighted by atomic mass is 32.2. The first-order chi connectivity index (χ1) is 11.4. The number of tetrazole rings is 1. The van der Waals surface area contributed by atoms with Crippen molar-refractivity contribution in [3.63, 3.8) is 0 Å². The minimum atomic E-state index is 0.455. The summed E-state index contributed by atoms with van der Waals surface area (Å²) in [5, 5.41) is 21.3. The van der Waals surface area contributed by atoms with E-state index in [0.29, 0.717) is 35.4 Å². The third-order valence-corrected chi connectivity index (χ3v) is 3.89. The maximum atomic E-state index is 9.01. The Morgan fingerprint density at radius 3 is 3.00 bits per heavy atom. The first kappa shape index (κ1) is 15.1. The molecule has 7 nitrogen and oxygen atoms in total. The predicted molar refractivity (Wildman–Crippen MR) is 83.0 cm³/mol. The topological polar surface area (TPSA) is 89.8 Å². The van der Waals surface area contributed by atoms with Gasteiger partial charge < -0.3 is 9.15 Å². The van der Waals surface area contributed by atoms with Crippen molar-refractivity contribution >= 4 is 11.8 Å². The minimum absolute atomic E-state index is 0.455. The lowest BCUT2D eigenvalue weighted by Crippen LogP contribution is -2.06. The summed E-state index contributed by atoms with van der Waals surface area (Å²) < 4.78 is 12.6. The van der Waals surface area contributed by atoms with Gasteiger partial charge in [0, 0.05) is 5.75 Å². The lowest BCUT2D eigenvalue weighted by molar-refractivity contribution is 0.342. The molecule has 1 aromatic carbocycles. The third kappa shape index (κ3) is 3.90. The van der Waals surface area contributed by atoms with Gasteiger partial charge in [0.05, 0.1) is 18.4 Å². The summed E-state index contributed by atoms with van der Waals surface area (Å²) in [7, 11) is 0. The second-order valence-electron chi connectivity index (χ2n) is 4.50. The molecule has 0 aliphatic rings. The molecule has 2 aromatic heterocycles. The van der Waals surface area contributed by atoms with Crippen LogP contribution >= 0.6 is 11.8 Å². The number of aromatic nitrogens is 4. The van der Waals surface area contributed by atoms with Crippen LogP contribution in [0.5, 0.6) is 5.75 Å². The Bertz CT molecular complexity index is 794. The molecule has 0 saturated heterocycles. The van der Waals surface area contributed by atoms with Crippen LogP contribution in [-0.4, -0.2) is 32.6 Å². The second-order valence-corrected chi connectivity index (χ2v) is 5.57. The van der Waals surface area contributed by atoms with Crippen LogP contribution in [0.2, 0.25) is 0 Å². The summed E-state index contributed by atoms with van der Waals surface area (Å²) in [5.74, 6) is 2.04. The Labute approximate surface area is 136 Å². The highest BCUT2D eigenvalue weighted by Crippen LogP contribution is 2.19. The molecular formula is C15H13N5O2S. The molecular weight excluding hydrogens is 314 g/mol. The smallest absolute Gasteiger partial charge is 0.209 e. The number of benzene rings is 1. The highest BCUT2D eigenvalue weighted by Gasteiger charge is 2.09. The summed E-state index contributed by atoms with van der Waals surface area (Å²) in [6.45, 7) is 0.942. The molecule has 0 aliphatic carbocycles. The quantitative estimate of drug-likeness (QED) is 0.486. The maximum absolute atomic E-state index is 9.01. The molecule has 0 bridgehead atoms. The van der Waals surface area contributed by atoms with Gasteiger partial charge in [-0.2, -0.15) is 5.26 Å². The van der Waals surface area contributed by atoms with Crippen LogP contribution < -0.4 is 4.74 Å². The largest absolute Gasteiger partial charge is 0.491 e. The first-order valence-corrected chi connectivity index (χ1v) is 7.88. The van der Waals surface area contributed by atoms with Crippen molar-refractivity contribution in [2.75, 3.05) is 12.4 Å². The van der Waals surface area contributed by atoms with Gasteiger partial charge in [-0.25, -0.2) is 4.68 Å². The number of nitrogens with zero attached hydrogens (tertiary/aromatic N) is 5. The van der Waals surface area contributed by atoms with Crippen LogP contribution in [0.3, 0.4) is 0 Å². The molecule has 0 aliphatic heterocycles. The number of ether oxygens (including phenoxy) is 1. The summed E-state index contributed by atoms with van der Waals surface area (Å²) in [6, 6.07) is 13.0. The normalized spacial score (nSPS) is 10.4. The Kier molecular flexibility index (Phi) is 4.91. The fraction of sp³-hybridized carbons (Fsp3) is 0.200. The number of thioether (sulfide) groups is 1. The van der Waals surface area contributed by atoms with E-state index in [1.54, 1.807) is 23.1 Å². The SMILES string of the molecule is N#Cc1ccccc1OCCSc1nnnn1Cc1ccco1. The fourth-order valence-corrected chi connectivity index (χ4v) is 2.61. The number of hydrogen-bond acceptors (Lipinski definition) is 7. The molecule has 0 fully saturated rings. The van der Waals surface area contributed by atoms with Crippen LogP contribution in [0.25, 0.3) is 0 Å². The molecule has 0 unspecified atom stereocenters. The summed E-state index contributed by atoms with van der Waals surface area (Å²) in [5.41, 5.74) is 0.528. The summed E-state index contributed by atoms with van der Waals surface area (Å²) >= 11 is 1.49. The molecule has 0 N–H and O–H groups in total. The van der Waals surface area contributed by atoms with Crippen molar-refractivity contribution < 1.29 is 9.15 Å². The average Bonchev–Trinajstić information content (AvgIpc) is 3.24.